The van der Waals surface area contributed by atoms with Crippen LogP contribution in [0.4, 0.5) is 9.52 Å². The molecule has 1 fully saturated rings. The molecule has 1 saturated heterocycles. The number of piperidine rings is 1. The van der Waals surface area contributed by atoms with Gasteiger partial charge in [0.05, 0.1) is 28.8 Å². The highest BCUT2D eigenvalue weighted by molar-refractivity contribution is 7.17. The van der Waals surface area contributed by atoms with Gasteiger partial charge in [-0.05, 0) is 31.0 Å². The summed E-state index contributed by atoms with van der Waals surface area (Å²) in [5, 5.41) is 13.6. The number of aromatic nitrogens is 3. The molecule has 0 unspecified atom stereocenters. The van der Waals surface area contributed by atoms with E-state index in [4.69, 9.17) is 27.9 Å². The first-order valence-corrected chi connectivity index (χ1v) is 13.9. The number of nitrogens with one attached hydrogen (secondary N) is 2. The van der Waals surface area contributed by atoms with Crippen LogP contribution in [0.15, 0.2) is 48.7 Å². The Morgan fingerprint density at radius 2 is 1.98 bits per heavy atom. The monoisotopic (exact) mass is 603 g/mol. The Labute approximate surface area is 242 Å². The fraction of sp³-hybridized carbons (Fsp3) is 0.259. The molecule has 0 spiro atoms. The Morgan fingerprint density at radius 1 is 1.20 bits per heavy atom. The number of halogens is 3. The van der Waals surface area contributed by atoms with Gasteiger partial charge in [0.2, 0.25) is 0 Å². The van der Waals surface area contributed by atoms with E-state index >= 15 is 0 Å². The first-order chi connectivity index (χ1) is 19.2. The number of hydrogen-bond acceptors (Lipinski definition) is 7. The highest BCUT2D eigenvalue weighted by atomic mass is 35.5. The number of carbonyl (C=O) groups is 2. The standard InChI is InChI=1S/C27H24Cl2FN5O4S/c1-14-19(28)20(29)22(32-14)25(36)33-17-9-11-35(12-18(17)39-13-15-6-3-2-4-7-15)27-34-23(24(40-27)26(37)38)21-16(30)8-5-10-31-21/h2-8,10,17-18,32H,9,11-13H2,1H3,(H,33,36)(H,37,38)/t17-,18+/m1/s1. The van der Waals surface area contributed by atoms with Crippen molar-refractivity contribution in [2.45, 2.75) is 32.1 Å². The smallest absolute Gasteiger partial charge is 0.348 e. The normalized spacial score (nSPS) is 17.1. The summed E-state index contributed by atoms with van der Waals surface area (Å²) in [7, 11) is 0. The number of thiazole rings is 1. The van der Waals surface area contributed by atoms with E-state index < -0.39 is 29.8 Å². The van der Waals surface area contributed by atoms with Gasteiger partial charge in [-0.3, -0.25) is 9.78 Å². The van der Waals surface area contributed by atoms with Crippen molar-refractivity contribution >= 4 is 51.5 Å². The number of aryl methyl sites for hydroxylation is 1. The van der Waals surface area contributed by atoms with Gasteiger partial charge in [0.1, 0.15) is 22.0 Å². The van der Waals surface area contributed by atoms with Crippen LogP contribution < -0.4 is 10.2 Å². The molecular formula is C27H24Cl2FN5O4S. The maximum atomic E-state index is 14.5. The summed E-state index contributed by atoms with van der Waals surface area (Å²) >= 11 is 13.4. The van der Waals surface area contributed by atoms with Gasteiger partial charge in [0.15, 0.2) is 10.9 Å². The number of carbonyl (C=O) groups excluding carboxylic acids is 1. The molecule has 2 atom stereocenters. The second-order valence-corrected chi connectivity index (χ2v) is 10.9. The van der Waals surface area contributed by atoms with Gasteiger partial charge < -0.3 is 25.0 Å². The predicted octanol–water partition coefficient (Wildman–Crippen LogP) is 5.58. The Bertz CT molecular complexity index is 1550. The number of pyridine rings is 1. The molecule has 1 amide bonds. The lowest BCUT2D eigenvalue weighted by atomic mass is 10.0. The third kappa shape index (κ3) is 5.83. The number of nitrogens with zero attached hydrogens (tertiary/aromatic N) is 3. The van der Waals surface area contributed by atoms with Crippen LogP contribution in [0.5, 0.6) is 0 Å². The molecule has 0 aliphatic carbocycles. The van der Waals surface area contributed by atoms with Crippen LogP contribution in [-0.2, 0) is 11.3 Å². The van der Waals surface area contributed by atoms with Crippen molar-refractivity contribution < 1.29 is 23.8 Å². The van der Waals surface area contributed by atoms with E-state index in [-0.39, 0.29) is 32.0 Å². The van der Waals surface area contributed by atoms with Crippen LogP contribution in [0.2, 0.25) is 10.0 Å². The van der Waals surface area contributed by atoms with E-state index in [2.05, 4.69) is 20.3 Å². The molecule has 9 nitrogen and oxygen atoms in total. The van der Waals surface area contributed by atoms with Crippen LogP contribution >= 0.6 is 34.5 Å². The van der Waals surface area contributed by atoms with Crippen molar-refractivity contribution in [1.82, 2.24) is 20.3 Å². The third-order valence-electron chi connectivity index (χ3n) is 6.53. The molecule has 3 N–H and O–H groups in total. The van der Waals surface area contributed by atoms with Crippen molar-refractivity contribution in [2.75, 3.05) is 18.0 Å². The van der Waals surface area contributed by atoms with Gasteiger partial charge in [0, 0.05) is 25.0 Å². The van der Waals surface area contributed by atoms with E-state index in [1.54, 1.807) is 6.92 Å². The molecular weight excluding hydrogens is 580 g/mol. The van der Waals surface area contributed by atoms with E-state index in [1.807, 2.05) is 35.2 Å². The average molecular weight is 604 g/mol. The number of H-pyrrole nitrogens is 1. The van der Waals surface area contributed by atoms with Gasteiger partial charge in [-0.1, -0.05) is 64.9 Å². The van der Waals surface area contributed by atoms with Gasteiger partial charge in [-0.25, -0.2) is 14.2 Å². The zero-order chi connectivity index (χ0) is 28.4. The van der Waals surface area contributed by atoms with E-state index in [9.17, 15) is 19.1 Å². The highest BCUT2D eigenvalue weighted by Crippen LogP contribution is 2.35. The topological polar surface area (TPSA) is 120 Å². The molecule has 13 heteroatoms. The number of rotatable bonds is 8. The van der Waals surface area contributed by atoms with Gasteiger partial charge in [-0.15, -0.1) is 0 Å². The number of carboxylic acid groups (broad SMARTS) is 1. The minimum Gasteiger partial charge on any atom is -0.477 e. The number of carboxylic acids is 1. The molecule has 0 bridgehead atoms. The van der Waals surface area contributed by atoms with Crippen LogP contribution in [0, 0.1) is 12.7 Å². The molecule has 5 rings (SSSR count). The number of anilines is 1. The highest BCUT2D eigenvalue weighted by Gasteiger charge is 2.35. The van der Waals surface area contributed by atoms with Crippen molar-refractivity contribution in [1.29, 1.82) is 0 Å². The SMILES string of the molecule is Cc1[nH]c(C(=O)N[C@@H]2CCN(c3nc(-c4ncccc4F)c(C(=O)O)s3)C[C@@H]2OCc2ccccc2)c(Cl)c1Cl. The number of amides is 1. The third-order valence-corrected chi connectivity index (χ3v) is 8.58. The van der Waals surface area contributed by atoms with E-state index in [1.165, 1.54) is 18.3 Å². The zero-order valence-corrected chi connectivity index (χ0v) is 23.5. The van der Waals surface area contributed by atoms with Crippen molar-refractivity contribution in [3.63, 3.8) is 0 Å². The quantitative estimate of drug-likeness (QED) is 0.240. The number of ether oxygens (including phenoxy) is 1. The van der Waals surface area contributed by atoms with Crippen molar-refractivity contribution in [2.24, 2.45) is 0 Å². The van der Waals surface area contributed by atoms with E-state index in [0.29, 0.717) is 36.9 Å². The number of hydrogen-bond donors (Lipinski definition) is 3. The fourth-order valence-electron chi connectivity index (χ4n) is 4.48. The molecule has 208 valence electrons. The predicted molar refractivity (Wildman–Crippen MR) is 151 cm³/mol. The Balaban J connectivity index is 1.40. The minimum absolute atomic E-state index is 0.0311. The first kappa shape index (κ1) is 28.0. The lowest BCUT2D eigenvalue weighted by molar-refractivity contribution is 0.00967. The van der Waals surface area contributed by atoms with Gasteiger partial charge in [0.25, 0.3) is 5.91 Å². The second-order valence-electron chi connectivity index (χ2n) is 9.22. The molecule has 1 aromatic carbocycles. The average Bonchev–Trinajstić information content (AvgIpc) is 3.51. The fourth-order valence-corrected chi connectivity index (χ4v) is 5.84. The summed E-state index contributed by atoms with van der Waals surface area (Å²) in [4.78, 5) is 38.3. The van der Waals surface area contributed by atoms with Gasteiger partial charge >= 0.3 is 5.97 Å². The first-order valence-electron chi connectivity index (χ1n) is 12.3. The molecule has 40 heavy (non-hydrogen) atoms. The summed E-state index contributed by atoms with van der Waals surface area (Å²) in [5.74, 6) is -2.30. The maximum Gasteiger partial charge on any atom is 0.348 e. The molecule has 1 aliphatic rings. The number of aromatic carboxylic acids is 1. The summed E-state index contributed by atoms with van der Waals surface area (Å²) in [6.07, 6.45) is 1.36. The van der Waals surface area contributed by atoms with Gasteiger partial charge in [-0.2, -0.15) is 0 Å². The molecule has 0 radical (unpaired) electrons. The van der Waals surface area contributed by atoms with E-state index in [0.717, 1.165) is 16.9 Å². The van der Waals surface area contributed by atoms with Crippen molar-refractivity contribution in [3.05, 3.63) is 86.4 Å². The molecule has 1 aliphatic heterocycles. The van der Waals surface area contributed by atoms with Crippen molar-refractivity contribution in [3.8, 4) is 11.4 Å². The zero-order valence-electron chi connectivity index (χ0n) is 21.2. The van der Waals surface area contributed by atoms with Crippen LogP contribution in [0.1, 0.15) is 37.8 Å². The summed E-state index contributed by atoms with van der Waals surface area (Å²) in [6.45, 7) is 2.75. The molecule has 3 aromatic heterocycles. The minimum atomic E-state index is -1.22. The largest absolute Gasteiger partial charge is 0.477 e. The van der Waals surface area contributed by atoms with Crippen LogP contribution in [0.25, 0.3) is 11.4 Å². The summed E-state index contributed by atoms with van der Waals surface area (Å²) < 4.78 is 20.8. The number of aromatic amines is 1. The molecule has 4 aromatic rings. The number of benzene rings is 1. The summed E-state index contributed by atoms with van der Waals surface area (Å²) in [5.41, 5.74) is 1.55. The lowest BCUT2D eigenvalue weighted by Gasteiger charge is -2.38. The summed E-state index contributed by atoms with van der Waals surface area (Å²) in [6, 6.07) is 11.8. The Kier molecular flexibility index (Phi) is 8.36. The molecule has 0 saturated carbocycles. The lowest BCUT2D eigenvalue weighted by Crippen LogP contribution is -2.55. The Morgan fingerprint density at radius 3 is 2.65 bits per heavy atom. The second kappa shape index (κ2) is 11.9. The Hall–Kier alpha value is -3.51. The van der Waals surface area contributed by atoms with Crippen LogP contribution in [0.3, 0.4) is 0 Å². The maximum absolute atomic E-state index is 14.5. The molecule has 4 heterocycles. The van der Waals surface area contributed by atoms with Crippen LogP contribution in [-0.4, -0.2) is 57.2 Å².